The summed E-state index contributed by atoms with van der Waals surface area (Å²) in [6.07, 6.45) is 16.0. The van der Waals surface area contributed by atoms with Crippen molar-refractivity contribution in [3.05, 3.63) is 47.1 Å². The highest BCUT2D eigenvalue weighted by atomic mass is 16.5. The van der Waals surface area contributed by atoms with Gasteiger partial charge in [0.05, 0.1) is 12.7 Å². The van der Waals surface area contributed by atoms with E-state index in [2.05, 4.69) is 54.1 Å². The van der Waals surface area contributed by atoms with Crippen molar-refractivity contribution in [2.75, 3.05) is 19.7 Å². The average Bonchev–Trinajstić information content (AvgIpc) is 3.17. The maximum absolute atomic E-state index is 13.1. The van der Waals surface area contributed by atoms with Crippen molar-refractivity contribution in [3.8, 4) is 0 Å². The van der Waals surface area contributed by atoms with Crippen LogP contribution in [-0.2, 0) is 14.3 Å². The Kier molecular flexibility index (Phi) is 4.53. The maximum atomic E-state index is 13.1. The number of aliphatic imine (C=N–C) groups is 1. The zero-order valence-electron chi connectivity index (χ0n) is 18.5. The van der Waals surface area contributed by atoms with E-state index in [1.807, 2.05) is 0 Å². The maximum Gasteiger partial charge on any atom is 0.296 e. The molecule has 0 aromatic heterocycles. The zero-order valence-corrected chi connectivity index (χ0v) is 18.5. The van der Waals surface area contributed by atoms with Gasteiger partial charge in [-0.25, -0.2) is 0 Å². The van der Waals surface area contributed by atoms with Crippen LogP contribution in [-0.4, -0.2) is 48.2 Å². The lowest BCUT2D eigenvalue weighted by Gasteiger charge is -2.41. The molecule has 3 aliphatic carbocycles. The third kappa shape index (κ3) is 3.15. The minimum atomic E-state index is -0.793. The van der Waals surface area contributed by atoms with Crippen molar-refractivity contribution in [1.29, 1.82) is 0 Å². The molecule has 6 rings (SSSR count). The fourth-order valence-corrected chi connectivity index (χ4v) is 6.52. The number of likely N-dealkylation sites (tertiary alicyclic amines) is 1. The number of hydrogen-bond acceptors (Lipinski definition) is 4. The summed E-state index contributed by atoms with van der Waals surface area (Å²) in [6.45, 7) is 6.98. The molecule has 0 radical (unpaired) electrons. The third-order valence-corrected chi connectivity index (χ3v) is 8.49. The Labute approximate surface area is 184 Å². The molecule has 2 fully saturated rings. The highest BCUT2D eigenvalue weighted by Gasteiger charge is 2.53. The van der Waals surface area contributed by atoms with Gasteiger partial charge in [0.15, 0.2) is 0 Å². The second kappa shape index (κ2) is 7.19. The molecule has 0 aromatic rings. The van der Waals surface area contributed by atoms with Crippen LogP contribution in [0.4, 0.5) is 0 Å². The molecule has 1 amide bonds. The smallest absolute Gasteiger partial charge is 0.296 e. The molecule has 164 valence electrons. The van der Waals surface area contributed by atoms with Crippen molar-refractivity contribution < 1.29 is 14.3 Å². The van der Waals surface area contributed by atoms with Gasteiger partial charge in [-0.2, -0.15) is 4.99 Å². The Hall–Kier alpha value is -2.14. The molecule has 3 heterocycles. The fourth-order valence-electron chi connectivity index (χ4n) is 6.52. The Morgan fingerprint density at radius 1 is 1.16 bits per heavy atom. The first kappa shape index (κ1) is 19.5. The number of ether oxygens (including phenoxy) is 2. The van der Waals surface area contributed by atoms with Crippen molar-refractivity contribution in [2.45, 2.75) is 57.7 Å². The van der Waals surface area contributed by atoms with E-state index in [-0.39, 0.29) is 12.0 Å². The highest BCUT2D eigenvalue weighted by Crippen LogP contribution is 2.48. The van der Waals surface area contributed by atoms with Crippen molar-refractivity contribution >= 4 is 11.9 Å². The quantitative estimate of drug-likeness (QED) is 0.590. The lowest BCUT2D eigenvalue weighted by Crippen LogP contribution is -2.41. The van der Waals surface area contributed by atoms with Gasteiger partial charge in [0, 0.05) is 31.8 Å². The SMILES string of the molecule is CC1=CC2=C(CC1C)CC1(C2)OC(N2CCC3OCC4C=CC=CC4C3CC2)=NC1=O. The molecule has 0 N–H and O–H groups in total. The van der Waals surface area contributed by atoms with Gasteiger partial charge < -0.3 is 14.4 Å². The number of fused-ring (bicyclic) bond motifs is 3. The summed E-state index contributed by atoms with van der Waals surface area (Å²) in [5.74, 6) is 2.04. The number of hydrogen-bond donors (Lipinski definition) is 0. The van der Waals surface area contributed by atoms with E-state index in [9.17, 15) is 4.79 Å². The first-order valence-electron chi connectivity index (χ1n) is 12.0. The number of nitrogens with zero attached hydrogens (tertiary/aromatic N) is 2. The number of carbonyl (C=O) groups excluding carboxylic acids is 1. The Bertz CT molecular complexity index is 958. The number of allylic oxidation sites excluding steroid dienone is 5. The number of rotatable bonds is 0. The molecule has 0 bridgehead atoms. The second-order valence-electron chi connectivity index (χ2n) is 10.4. The summed E-state index contributed by atoms with van der Waals surface area (Å²) in [6, 6.07) is 0.549. The van der Waals surface area contributed by atoms with Crippen LogP contribution in [0.15, 0.2) is 52.1 Å². The summed E-state index contributed by atoms with van der Waals surface area (Å²) < 4.78 is 12.7. The van der Waals surface area contributed by atoms with Crippen LogP contribution < -0.4 is 0 Å². The van der Waals surface area contributed by atoms with E-state index >= 15 is 0 Å². The first-order chi connectivity index (χ1) is 15.0. The Balaban J connectivity index is 1.16. The Morgan fingerprint density at radius 2 is 2.00 bits per heavy atom. The molecular weight excluding hydrogens is 388 g/mol. The zero-order chi connectivity index (χ0) is 21.2. The lowest BCUT2D eigenvalue weighted by atomic mass is 9.73. The van der Waals surface area contributed by atoms with Gasteiger partial charge in [0.25, 0.3) is 11.9 Å². The molecule has 3 aliphatic heterocycles. The third-order valence-electron chi connectivity index (χ3n) is 8.49. The fraction of sp³-hybridized carbons (Fsp3) is 0.615. The van der Waals surface area contributed by atoms with Gasteiger partial charge in [-0.15, -0.1) is 0 Å². The first-order valence-corrected chi connectivity index (χ1v) is 12.0. The molecular formula is C26H32N2O3. The van der Waals surface area contributed by atoms with Gasteiger partial charge in [0.2, 0.25) is 5.60 Å². The largest absolute Gasteiger partial charge is 0.447 e. The molecule has 2 saturated heterocycles. The molecule has 1 spiro atoms. The number of amidine groups is 1. The van der Waals surface area contributed by atoms with E-state index in [0.29, 0.717) is 42.5 Å². The monoisotopic (exact) mass is 420 g/mol. The van der Waals surface area contributed by atoms with Crippen molar-refractivity contribution in [2.24, 2.45) is 28.7 Å². The average molecular weight is 421 g/mol. The van der Waals surface area contributed by atoms with Gasteiger partial charge in [-0.05, 0) is 49.5 Å². The number of carbonyl (C=O) groups is 1. The van der Waals surface area contributed by atoms with Gasteiger partial charge in [-0.1, -0.05) is 48.5 Å². The van der Waals surface area contributed by atoms with Gasteiger partial charge in [-0.3, -0.25) is 4.79 Å². The minimum absolute atomic E-state index is 0.0889. The van der Waals surface area contributed by atoms with E-state index in [1.54, 1.807) is 0 Å². The molecule has 6 unspecified atom stereocenters. The van der Waals surface area contributed by atoms with Crippen LogP contribution in [0.5, 0.6) is 0 Å². The van der Waals surface area contributed by atoms with Crippen LogP contribution in [0.1, 0.15) is 46.0 Å². The van der Waals surface area contributed by atoms with E-state index in [4.69, 9.17) is 9.47 Å². The van der Waals surface area contributed by atoms with Crippen LogP contribution in [0, 0.1) is 23.7 Å². The van der Waals surface area contributed by atoms with E-state index in [0.717, 1.165) is 39.0 Å². The molecule has 5 nitrogen and oxygen atoms in total. The van der Waals surface area contributed by atoms with E-state index in [1.165, 1.54) is 16.7 Å². The minimum Gasteiger partial charge on any atom is -0.447 e. The van der Waals surface area contributed by atoms with E-state index < -0.39 is 5.60 Å². The van der Waals surface area contributed by atoms with Crippen molar-refractivity contribution in [1.82, 2.24) is 4.90 Å². The lowest BCUT2D eigenvalue weighted by molar-refractivity contribution is -0.130. The predicted molar refractivity (Wildman–Crippen MR) is 119 cm³/mol. The molecule has 31 heavy (non-hydrogen) atoms. The van der Waals surface area contributed by atoms with Crippen LogP contribution in [0.2, 0.25) is 0 Å². The topological polar surface area (TPSA) is 51.1 Å². The highest BCUT2D eigenvalue weighted by molar-refractivity contribution is 6.02. The van der Waals surface area contributed by atoms with Gasteiger partial charge >= 0.3 is 0 Å². The van der Waals surface area contributed by atoms with Gasteiger partial charge in [0.1, 0.15) is 0 Å². The van der Waals surface area contributed by atoms with Crippen molar-refractivity contribution in [3.63, 3.8) is 0 Å². The molecule has 5 heteroatoms. The summed E-state index contributed by atoms with van der Waals surface area (Å²) in [4.78, 5) is 19.7. The summed E-state index contributed by atoms with van der Waals surface area (Å²) in [7, 11) is 0. The normalized spacial score (nSPS) is 41.4. The number of amides is 1. The summed E-state index contributed by atoms with van der Waals surface area (Å²) >= 11 is 0. The molecule has 6 atom stereocenters. The second-order valence-corrected chi connectivity index (χ2v) is 10.4. The predicted octanol–water partition coefficient (Wildman–Crippen LogP) is 4.18. The summed E-state index contributed by atoms with van der Waals surface area (Å²) in [5.41, 5.74) is 3.31. The van der Waals surface area contributed by atoms with Crippen LogP contribution in [0.3, 0.4) is 0 Å². The molecule has 0 aromatic carbocycles. The Morgan fingerprint density at radius 3 is 2.90 bits per heavy atom. The van der Waals surface area contributed by atoms with Crippen LogP contribution in [0.25, 0.3) is 0 Å². The molecule has 6 aliphatic rings. The van der Waals surface area contributed by atoms with Crippen LogP contribution >= 0.6 is 0 Å². The summed E-state index contributed by atoms with van der Waals surface area (Å²) in [5, 5.41) is 0. The molecule has 0 saturated carbocycles. The standard InChI is InChI=1S/C26H32N2O3/c1-16-11-19-13-26(14-20(19)12-17(16)2)24(29)27-25(31-26)28-9-7-22-21-6-4-3-5-18(21)15-30-23(22)8-10-28/h3-6,11,17-18,21-23H,7-10,12-15H2,1-2H3.